The lowest BCUT2D eigenvalue weighted by atomic mass is 10.1. The summed E-state index contributed by atoms with van der Waals surface area (Å²) < 4.78 is 30.3. The highest BCUT2D eigenvalue weighted by atomic mass is 32.2. The summed E-state index contributed by atoms with van der Waals surface area (Å²) in [7, 11) is -1.53. The number of amides is 1. The van der Waals surface area contributed by atoms with Crippen LogP contribution in [-0.4, -0.2) is 71.8 Å². The maximum Gasteiger partial charge on any atom is 0.416 e. The molecule has 3 rings (SSSR count). The van der Waals surface area contributed by atoms with E-state index in [1.165, 1.54) is 26.8 Å². The van der Waals surface area contributed by atoms with Crippen LogP contribution >= 0.6 is 11.3 Å². The van der Waals surface area contributed by atoms with Gasteiger partial charge < -0.3 is 10.1 Å². The lowest BCUT2D eigenvalue weighted by molar-refractivity contribution is 0.0589. The van der Waals surface area contributed by atoms with Gasteiger partial charge in [-0.15, -0.1) is 0 Å². The fourth-order valence-corrected chi connectivity index (χ4v) is 5.10. The van der Waals surface area contributed by atoms with Crippen molar-refractivity contribution < 1.29 is 17.9 Å². The summed E-state index contributed by atoms with van der Waals surface area (Å²) in [5.41, 5.74) is 0.868. The van der Waals surface area contributed by atoms with Crippen molar-refractivity contribution in [1.82, 2.24) is 19.3 Å². The van der Waals surface area contributed by atoms with E-state index in [-0.39, 0.29) is 6.04 Å². The van der Waals surface area contributed by atoms with Crippen LogP contribution in [0.3, 0.4) is 0 Å². The molecule has 0 spiro atoms. The van der Waals surface area contributed by atoms with E-state index < -0.39 is 21.7 Å². The molecule has 0 aliphatic carbocycles. The molecule has 0 bridgehead atoms. The number of anilines is 2. The normalized spacial score (nSPS) is 16.1. The van der Waals surface area contributed by atoms with Crippen molar-refractivity contribution in [2.24, 2.45) is 0 Å². The van der Waals surface area contributed by atoms with Crippen molar-refractivity contribution in [3.8, 4) is 10.6 Å². The molecule has 1 fully saturated rings. The number of aromatic nitrogens is 3. The number of piperidine rings is 1. The Morgan fingerprint density at radius 3 is 2.53 bits per heavy atom. The van der Waals surface area contributed by atoms with Crippen LogP contribution in [0, 0.1) is 6.92 Å². The van der Waals surface area contributed by atoms with Crippen molar-refractivity contribution >= 4 is 38.5 Å². The summed E-state index contributed by atoms with van der Waals surface area (Å²) >= 11 is 1.36. The highest BCUT2D eigenvalue weighted by Crippen LogP contribution is 2.34. The molecule has 0 saturated carbocycles. The average Bonchev–Trinajstić information content (AvgIpc) is 3.07. The number of ether oxygens (including phenoxy) is 1. The Bertz CT molecular complexity index is 1070. The number of sulfonamides is 1. The molecule has 1 N–H and O–H groups in total. The minimum absolute atomic E-state index is 0.0969. The van der Waals surface area contributed by atoms with Gasteiger partial charge in [-0.25, -0.2) is 32.5 Å². The second-order valence-corrected chi connectivity index (χ2v) is 11.8. The Labute approximate surface area is 193 Å². The van der Waals surface area contributed by atoms with Gasteiger partial charge in [-0.05, 0) is 46.6 Å². The first-order valence-corrected chi connectivity index (χ1v) is 13.0. The number of hydrogen-bond donors (Lipinski definition) is 1. The Morgan fingerprint density at radius 1 is 1.28 bits per heavy atom. The fraction of sp³-hybridized carbons (Fsp3) is 0.600. The van der Waals surface area contributed by atoms with Gasteiger partial charge in [-0.1, -0.05) is 11.3 Å². The number of carbonyl (C=O) groups excluding carboxylic acids is 1. The van der Waals surface area contributed by atoms with Crippen molar-refractivity contribution in [2.75, 3.05) is 36.6 Å². The Kier molecular flexibility index (Phi) is 7.06. The van der Waals surface area contributed by atoms with Gasteiger partial charge in [0.15, 0.2) is 5.13 Å². The van der Waals surface area contributed by atoms with Gasteiger partial charge in [0.1, 0.15) is 5.60 Å². The summed E-state index contributed by atoms with van der Waals surface area (Å²) in [6.07, 6.45) is 3.81. The zero-order valence-electron chi connectivity index (χ0n) is 19.2. The average molecular weight is 483 g/mol. The second-order valence-electron chi connectivity index (χ2n) is 8.80. The van der Waals surface area contributed by atoms with Crippen LogP contribution in [0.4, 0.5) is 15.9 Å². The van der Waals surface area contributed by atoms with Crippen LogP contribution in [0.1, 0.15) is 39.3 Å². The van der Waals surface area contributed by atoms with Gasteiger partial charge in [0, 0.05) is 32.4 Å². The van der Waals surface area contributed by atoms with Crippen LogP contribution in [0.5, 0.6) is 0 Å². The summed E-state index contributed by atoms with van der Waals surface area (Å²) in [4.78, 5) is 28.1. The smallest absolute Gasteiger partial charge is 0.416 e. The molecule has 10 nitrogen and oxygen atoms in total. The van der Waals surface area contributed by atoms with E-state index in [2.05, 4.69) is 20.3 Å². The first-order valence-electron chi connectivity index (χ1n) is 10.3. The third-order valence-electron chi connectivity index (χ3n) is 4.88. The molecule has 0 atom stereocenters. The molecule has 2 aromatic heterocycles. The van der Waals surface area contributed by atoms with Gasteiger partial charge >= 0.3 is 6.09 Å². The van der Waals surface area contributed by atoms with Crippen molar-refractivity contribution in [2.45, 2.75) is 52.2 Å². The van der Waals surface area contributed by atoms with Crippen LogP contribution in [0.2, 0.25) is 0 Å². The number of nitrogens with zero attached hydrogens (tertiary/aromatic N) is 5. The molecule has 0 aromatic carbocycles. The van der Waals surface area contributed by atoms with Gasteiger partial charge in [0.25, 0.3) is 0 Å². The van der Waals surface area contributed by atoms with E-state index in [0.717, 1.165) is 10.6 Å². The van der Waals surface area contributed by atoms with Crippen LogP contribution in [0.15, 0.2) is 12.3 Å². The van der Waals surface area contributed by atoms with E-state index in [9.17, 15) is 13.2 Å². The maximum atomic E-state index is 12.4. The highest BCUT2D eigenvalue weighted by molar-refractivity contribution is 7.88. The summed E-state index contributed by atoms with van der Waals surface area (Å²) in [5.74, 6) is 0.482. The van der Waals surface area contributed by atoms with Crippen LogP contribution in [-0.2, 0) is 14.8 Å². The summed E-state index contributed by atoms with van der Waals surface area (Å²) in [6.45, 7) is 8.27. The molecule has 176 valence electrons. The van der Waals surface area contributed by atoms with Crippen LogP contribution in [0.25, 0.3) is 10.6 Å². The molecule has 12 heteroatoms. The molecule has 1 saturated heterocycles. The number of rotatable bonds is 5. The molecular formula is C20H30N6O4S2. The molecule has 1 aliphatic rings. The molecule has 1 aliphatic heterocycles. The molecule has 3 heterocycles. The van der Waals surface area contributed by atoms with E-state index in [0.29, 0.717) is 42.7 Å². The molecular weight excluding hydrogens is 452 g/mol. The minimum atomic E-state index is -3.16. The minimum Gasteiger partial charge on any atom is -0.443 e. The van der Waals surface area contributed by atoms with E-state index in [1.54, 1.807) is 19.3 Å². The summed E-state index contributed by atoms with van der Waals surface area (Å²) in [5, 5.41) is 3.83. The zero-order chi connectivity index (χ0) is 23.7. The topological polar surface area (TPSA) is 118 Å². The first kappa shape index (κ1) is 24.3. The molecule has 1 amide bonds. The van der Waals surface area contributed by atoms with Gasteiger partial charge in [0.05, 0.1) is 22.5 Å². The van der Waals surface area contributed by atoms with Crippen molar-refractivity contribution in [1.29, 1.82) is 0 Å². The predicted octanol–water partition coefficient (Wildman–Crippen LogP) is 3.12. The Hall–Kier alpha value is -2.31. The zero-order valence-corrected chi connectivity index (χ0v) is 20.9. The molecule has 32 heavy (non-hydrogen) atoms. The lowest BCUT2D eigenvalue weighted by Gasteiger charge is -2.30. The molecule has 0 unspecified atom stereocenters. The Balaban J connectivity index is 1.71. The van der Waals surface area contributed by atoms with Crippen molar-refractivity contribution in [3.05, 3.63) is 18.0 Å². The van der Waals surface area contributed by atoms with Crippen molar-refractivity contribution in [3.63, 3.8) is 0 Å². The van der Waals surface area contributed by atoms with Crippen LogP contribution < -0.4 is 10.2 Å². The monoisotopic (exact) mass is 482 g/mol. The molecule has 2 aromatic rings. The van der Waals surface area contributed by atoms with E-state index in [4.69, 9.17) is 4.74 Å². The SMILES string of the molecule is Cc1nc(N(C)C(=O)OC(C)(C)C)sc1-c1ccnc(NC2CCN(S(C)(=O)=O)CC2)n1. The number of aryl methyl sites for hydroxylation is 1. The number of carbonyl (C=O) groups is 1. The quantitative estimate of drug-likeness (QED) is 0.691. The highest BCUT2D eigenvalue weighted by Gasteiger charge is 2.26. The van der Waals surface area contributed by atoms with Gasteiger partial charge in [0.2, 0.25) is 16.0 Å². The molecule has 0 radical (unpaired) electrons. The van der Waals surface area contributed by atoms with Gasteiger partial charge in [-0.2, -0.15) is 0 Å². The largest absolute Gasteiger partial charge is 0.443 e. The van der Waals surface area contributed by atoms with E-state index in [1.807, 2.05) is 27.7 Å². The first-order chi connectivity index (χ1) is 14.8. The standard InChI is InChI=1S/C20H30N6O4S2/c1-13-16(31-18(22-13)25(5)19(27)30-20(2,3)4)15-7-10-21-17(24-15)23-14-8-11-26(12-9-14)32(6,28)29/h7,10,14H,8-9,11-12H2,1-6H3,(H,21,23,24). The number of nitrogens with one attached hydrogen (secondary N) is 1. The number of thiazole rings is 1. The maximum absolute atomic E-state index is 12.4. The predicted molar refractivity (Wildman–Crippen MR) is 126 cm³/mol. The third-order valence-corrected chi connectivity index (χ3v) is 7.44. The number of hydrogen-bond acceptors (Lipinski definition) is 9. The second kappa shape index (κ2) is 9.28. The van der Waals surface area contributed by atoms with E-state index >= 15 is 0 Å². The fourth-order valence-electron chi connectivity index (χ4n) is 3.24. The Morgan fingerprint density at radius 2 is 1.94 bits per heavy atom. The summed E-state index contributed by atoms with van der Waals surface area (Å²) in [6, 6.07) is 1.90. The lowest BCUT2D eigenvalue weighted by Crippen LogP contribution is -2.42. The van der Waals surface area contributed by atoms with Gasteiger partial charge in [-0.3, -0.25) is 4.90 Å². The third kappa shape index (κ3) is 6.14.